The molecule has 0 amide bonds. The van der Waals surface area contributed by atoms with Crippen molar-refractivity contribution < 1.29 is 29.2 Å². The molecule has 4 rings (SSSR count). The van der Waals surface area contributed by atoms with Gasteiger partial charge in [-0.1, -0.05) is 42.5 Å². The van der Waals surface area contributed by atoms with Crippen LogP contribution in [0.2, 0.25) is 0 Å². The topological polar surface area (TPSA) is 90.2 Å². The number of methoxy groups -OCH3 is 2. The number of para-hydroxylation sites is 1. The first-order chi connectivity index (χ1) is 18.4. The summed E-state index contributed by atoms with van der Waals surface area (Å²) in [6.45, 7) is 2.05. The van der Waals surface area contributed by atoms with Gasteiger partial charge in [0.05, 0.1) is 32.1 Å². The highest BCUT2D eigenvalue weighted by Crippen LogP contribution is 2.29. The first kappa shape index (κ1) is 26.2. The maximum absolute atomic E-state index is 12.7. The number of aromatic hydroxyl groups is 2. The molecular formula is C31H29NO6. The third-order valence-electron chi connectivity index (χ3n) is 5.85. The lowest BCUT2D eigenvalue weighted by Crippen LogP contribution is -2.09. The highest BCUT2D eigenvalue weighted by atomic mass is 16.5. The van der Waals surface area contributed by atoms with Gasteiger partial charge in [0.25, 0.3) is 0 Å². The zero-order valence-electron chi connectivity index (χ0n) is 21.4. The van der Waals surface area contributed by atoms with Gasteiger partial charge in [0.1, 0.15) is 0 Å². The summed E-state index contributed by atoms with van der Waals surface area (Å²) in [5.41, 5.74) is 4.52. The van der Waals surface area contributed by atoms with E-state index in [4.69, 9.17) is 14.2 Å². The number of ether oxygens (including phenoxy) is 3. The summed E-state index contributed by atoms with van der Waals surface area (Å²) < 4.78 is 17.6. The number of carbonyl (C=O) groups excluding carboxylic acids is 1. The average Bonchev–Trinajstić information content (AvgIpc) is 3.35. The molecular weight excluding hydrogens is 482 g/mol. The Hall–Kier alpha value is -4.91. The Bertz CT molecular complexity index is 1500. The van der Waals surface area contributed by atoms with Gasteiger partial charge in [-0.2, -0.15) is 0 Å². The van der Waals surface area contributed by atoms with Gasteiger partial charge in [0.15, 0.2) is 23.0 Å². The fourth-order valence-corrected chi connectivity index (χ4v) is 3.96. The molecule has 38 heavy (non-hydrogen) atoms. The van der Waals surface area contributed by atoms with Gasteiger partial charge in [0, 0.05) is 11.9 Å². The van der Waals surface area contributed by atoms with Gasteiger partial charge < -0.3 is 29.0 Å². The number of nitrogens with zero attached hydrogens (tertiary/aromatic N) is 1. The van der Waals surface area contributed by atoms with E-state index in [1.54, 1.807) is 55.5 Å². The highest BCUT2D eigenvalue weighted by Gasteiger charge is 2.15. The number of aromatic nitrogens is 1. The van der Waals surface area contributed by atoms with Crippen molar-refractivity contribution >= 4 is 30.3 Å². The summed E-state index contributed by atoms with van der Waals surface area (Å²) in [5.74, 6) is 0.506. The van der Waals surface area contributed by atoms with E-state index in [0.717, 1.165) is 22.4 Å². The summed E-state index contributed by atoms with van der Waals surface area (Å²) in [4.78, 5) is 12.7. The molecule has 0 fully saturated rings. The van der Waals surface area contributed by atoms with Crippen LogP contribution in [0.25, 0.3) is 30.0 Å². The fraction of sp³-hybridized carbons (Fsp3) is 0.129. The monoisotopic (exact) mass is 511 g/mol. The lowest BCUT2D eigenvalue weighted by Gasteiger charge is -2.12. The second-order valence-corrected chi connectivity index (χ2v) is 8.34. The second kappa shape index (κ2) is 11.9. The van der Waals surface area contributed by atoms with Crippen molar-refractivity contribution in [2.75, 3.05) is 20.8 Å². The van der Waals surface area contributed by atoms with Crippen molar-refractivity contribution in [3.8, 4) is 28.7 Å². The van der Waals surface area contributed by atoms with Crippen molar-refractivity contribution in [1.29, 1.82) is 0 Å². The summed E-state index contributed by atoms with van der Waals surface area (Å²) in [5, 5.41) is 19.8. The van der Waals surface area contributed by atoms with Crippen LogP contribution in [-0.2, 0) is 4.74 Å². The van der Waals surface area contributed by atoms with Crippen molar-refractivity contribution in [3.05, 3.63) is 101 Å². The van der Waals surface area contributed by atoms with Crippen LogP contribution in [0, 0.1) is 0 Å². The minimum absolute atomic E-state index is 0.0645. The Morgan fingerprint density at radius 1 is 0.789 bits per heavy atom. The molecule has 3 aromatic carbocycles. The van der Waals surface area contributed by atoms with Gasteiger partial charge in [0.2, 0.25) is 0 Å². The van der Waals surface area contributed by atoms with E-state index in [-0.39, 0.29) is 18.1 Å². The Balaban J connectivity index is 1.77. The largest absolute Gasteiger partial charge is 0.504 e. The van der Waals surface area contributed by atoms with E-state index >= 15 is 0 Å². The van der Waals surface area contributed by atoms with E-state index in [2.05, 4.69) is 0 Å². The van der Waals surface area contributed by atoms with Crippen molar-refractivity contribution in [2.45, 2.75) is 6.92 Å². The van der Waals surface area contributed by atoms with E-state index in [9.17, 15) is 15.0 Å². The third-order valence-corrected chi connectivity index (χ3v) is 5.85. The van der Waals surface area contributed by atoms with Gasteiger partial charge in [-0.05, 0) is 72.2 Å². The molecule has 2 N–H and O–H groups in total. The molecule has 0 aliphatic rings. The van der Waals surface area contributed by atoms with E-state index in [1.165, 1.54) is 14.2 Å². The van der Waals surface area contributed by atoms with Crippen molar-refractivity contribution in [1.82, 2.24) is 4.57 Å². The van der Waals surface area contributed by atoms with E-state index in [0.29, 0.717) is 22.7 Å². The molecule has 7 nitrogen and oxygen atoms in total. The predicted molar refractivity (Wildman–Crippen MR) is 149 cm³/mol. The maximum atomic E-state index is 12.7. The predicted octanol–water partition coefficient (Wildman–Crippen LogP) is 6.42. The molecule has 1 aromatic heterocycles. The standard InChI is InChI=1S/C31H29NO6/c1-4-38-31(35)25-7-5-6-8-26(25)32-20-23(10-9-21-12-15-27(33)29(18-21)36-2)17-24(32)14-11-22-13-16-28(34)30(19-22)37-3/h5-20,33-34H,4H2,1-3H3/b10-9+,14-11+. The number of benzene rings is 3. The smallest absolute Gasteiger partial charge is 0.340 e. The second-order valence-electron chi connectivity index (χ2n) is 8.34. The summed E-state index contributed by atoms with van der Waals surface area (Å²) in [6.07, 6.45) is 9.62. The molecule has 0 unspecified atom stereocenters. The van der Waals surface area contributed by atoms with Gasteiger partial charge in [-0.15, -0.1) is 0 Å². The molecule has 0 bridgehead atoms. The van der Waals surface area contributed by atoms with Crippen LogP contribution in [-0.4, -0.2) is 41.6 Å². The summed E-state index contributed by atoms with van der Waals surface area (Å²) in [6, 6.07) is 19.5. The first-order valence-corrected chi connectivity index (χ1v) is 12.0. The van der Waals surface area contributed by atoms with Crippen LogP contribution in [0.15, 0.2) is 72.9 Å². The zero-order valence-corrected chi connectivity index (χ0v) is 21.4. The summed E-state index contributed by atoms with van der Waals surface area (Å²) >= 11 is 0. The Morgan fingerprint density at radius 3 is 1.97 bits per heavy atom. The number of hydrogen-bond acceptors (Lipinski definition) is 6. The van der Waals surface area contributed by atoms with Crippen molar-refractivity contribution in [2.24, 2.45) is 0 Å². The molecule has 1 heterocycles. The highest BCUT2D eigenvalue weighted by molar-refractivity contribution is 5.94. The molecule has 0 aliphatic heterocycles. The zero-order chi connectivity index (χ0) is 27.1. The maximum Gasteiger partial charge on any atom is 0.340 e. The minimum Gasteiger partial charge on any atom is -0.504 e. The normalized spacial score (nSPS) is 11.2. The van der Waals surface area contributed by atoms with E-state index < -0.39 is 5.97 Å². The lowest BCUT2D eigenvalue weighted by atomic mass is 10.1. The molecule has 7 heteroatoms. The van der Waals surface area contributed by atoms with Crippen LogP contribution in [0.5, 0.6) is 23.0 Å². The molecule has 0 saturated heterocycles. The first-order valence-electron chi connectivity index (χ1n) is 12.0. The van der Waals surface area contributed by atoms with Gasteiger partial charge in [-0.25, -0.2) is 4.79 Å². The Labute approximate surface area is 221 Å². The quantitative estimate of drug-likeness (QED) is 0.252. The fourth-order valence-electron chi connectivity index (χ4n) is 3.96. The molecule has 0 spiro atoms. The molecule has 0 saturated carbocycles. The van der Waals surface area contributed by atoms with Crippen LogP contribution in [0.1, 0.15) is 39.7 Å². The number of carbonyl (C=O) groups is 1. The number of phenols is 2. The molecule has 4 aromatic rings. The van der Waals surface area contributed by atoms with E-state index in [1.807, 2.05) is 53.3 Å². The van der Waals surface area contributed by atoms with Crippen LogP contribution in [0.3, 0.4) is 0 Å². The average molecular weight is 512 g/mol. The van der Waals surface area contributed by atoms with Crippen LogP contribution >= 0.6 is 0 Å². The van der Waals surface area contributed by atoms with Gasteiger partial charge in [-0.3, -0.25) is 0 Å². The summed E-state index contributed by atoms with van der Waals surface area (Å²) in [7, 11) is 3.01. The SMILES string of the molecule is CCOC(=O)c1ccccc1-n1cc(/C=C/c2ccc(O)c(OC)c2)cc1/C=C/c1ccc(O)c(OC)c1. The number of hydrogen-bond donors (Lipinski definition) is 2. The number of phenolic OH excluding ortho intramolecular Hbond substituents is 2. The Kier molecular flexibility index (Phi) is 8.18. The lowest BCUT2D eigenvalue weighted by molar-refractivity contribution is 0.0526. The number of rotatable bonds is 9. The molecule has 0 radical (unpaired) electrons. The third kappa shape index (κ3) is 5.90. The minimum atomic E-state index is -0.400. The molecule has 0 atom stereocenters. The number of esters is 1. The van der Waals surface area contributed by atoms with Crippen LogP contribution in [0.4, 0.5) is 0 Å². The van der Waals surface area contributed by atoms with Crippen LogP contribution < -0.4 is 9.47 Å². The van der Waals surface area contributed by atoms with Crippen molar-refractivity contribution in [3.63, 3.8) is 0 Å². The molecule has 194 valence electrons. The molecule has 0 aliphatic carbocycles. The Morgan fingerprint density at radius 2 is 1.37 bits per heavy atom. The van der Waals surface area contributed by atoms with Gasteiger partial charge >= 0.3 is 5.97 Å².